The molecule has 19 heavy (non-hydrogen) atoms. The van der Waals surface area contributed by atoms with Gasteiger partial charge in [-0.15, -0.1) is 0 Å². The average Bonchev–Trinajstić information content (AvgIpc) is 2.81. The molecular weight excluding hydrogens is 378 g/mol. The van der Waals surface area contributed by atoms with Crippen molar-refractivity contribution >= 4 is 31.9 Å². The molecule has 5 unspecified atom stereocenters. The Morgan fingerprint density at radius 3 is 2.32 bits per heavy atom. The standard InChI is InChI=1S/C15H14Br2F2/c16-9-5-10(18)8(4-11(9)19)15(17)14-12-6-1-2-7(3-6)13(12)14/h4-7,12-15H,1-3H2. The number of halogens is 4. The Bertz CT molecular complexity index is 529. The molecule has 3 fully saturated rings. The molecule has 102 valence electrons. The van der Waals surface area contributed by atoms with Crippen molar-refractivity contribution in [3.8, 4) is 0 Å². The van der Waals surface area contributed by atoms with E-state index in [1.165, 1.54) is 31.4 Å². The second-order valence-corrected chi connectivity index (χ2v) is 8.10. The topological polar surface area (TPSA) is 0 Å². The number of benzene rings is 1. The lowest BCUT2D eigenvalue weighted by atomic mass is 9.97. The SMILES string of the molecule is Fc1cc(C(Br)C2C3C4CCC(C4)C32)c(F)cc1Br. The lowest BCUT2D eigenvalue weighted by Gasteiger charge is -2.16. The Kier molecular flexibility index (Phi) is 2.86. The molecule has 0 saturated heterocycles. The Hall–Kier alpha value is 0.0400. The maximum absolute atomic E-state index is 14.0. The van der Waals surface area contributed by atoms with Gasteiger partial charge in [0.25, 0.3) is 0 Å². The van der Waals surface area contributed by atoms with Gasteiger partial charge in [-0.1, -0.05) is 15.9 Å². The molecule has 0 radical (unpaired) electrons. The molecule has 0 spiro atoms. The molecule has 0 aliphatic heterocycles. The molecule has 0 heterocycles. The highest BCUT2D eigenvalue weighted by molar-refractivity contribution is 9.10. The minimum Gasteiger partial charge on any atom is -0.207 e. The van der Waals surface area contributed by atoms with Gasteiger partial charge in [0.1, 0.15) is 11.6 Å². The van der Waals surface area contributed by atoms with Crippen molar-refractivity contribution < 1.29 is 8.78 Å². The zero-order chi connectivity index (χ0) is 13.3. The van der Waals surface area contributed by atoms with Gasteiger partial charge in [0, 0.05) is 10.4 Å². The summed E-state index contributed by atoms with van der Waals surface area (Å²) >= 11 is 6.67. The van der Waals surface area contributed by atoms with E-state index in [9.17, 15) is 8.78 Å². The van der Waals surface area contributed by atoms with Crippen molar-refractivity contribution in [1.82, 2.24) is 0 Å². The maximum Gasteiger partial charge on any atom is 0.137 e. The molecular formula is C15H14Br2F2. The second-order valence-electron chi connectivity index (χ2n) is 6.25. The smallest absolute Gasteiger partial charge is 0.137 e. The first-order valence-corrected chi connectivity index (χ1v) is 8.57. The summed E-state index contributed by atoms with van der Waals surface area (Å²) in [5.74, 6) is 3.04. The molecule has 5 atom stereocenters. The third-order valence-electron chi connectivity index (χ3n) is 5.47. The molecule has 3 saturated carbocycles. The zero-order valence-corrected chi connectivity index (χ0v) is 13.4. The summed E-state index contributed by atoms with van der Waals surface area (Å²) in [6, 6.07) is 2.58. The van der Waals surface area contributed by atoms with Gasteiger partial charge >= 0.3 is 0 Å². The van der Waals surface area contributed by atoms with Crippen LogP contribution in [0.4, 0.5) is 8.78 Å². The molecule has 1 aromatic rings. The van der Waals surface area contributed by atoms with Crippen LogP contribution in [0.1, 0.15) is 29.7 Å². The first-order valence-electron chi connectivity index (χ1n) is 6.86. The van der Waals surface area contributed by atoms with Crippen molar-refractivity contribution in [2.75, 3.05) is 0 Å². The Morgan fingerprint density at radius 2 is 1.68 bits per heavy atom. The highest BCUT2D eigenvalue weighted by atomic mass is 79.9. The summed E-state index contributed by atoms with van der Waals surface area (Å²) in [6.07, 6.45) is 4.07. The van der Waals surface area contributed by atoms with E-state index in [4.69, 9.17) is 0 Å². The van der Waals surface area contributed by atoms with Gasteiger partial charge in [-0.3, -0.25) is 0 Å². The van der Waals surface area contributed by atoms with Gasteiger partial charge in [0.15, 0.2) is 0 Å². The lowest BCUT2D eigenvalue weighted by Crippen LogP contribution is -2.06. The normalized spacial score (nSPS) is 40.3. The highest BCUT2D eigenvalue weighted by Crippen LogP contribution is 2.73. The Balaban J connectivity index is 1.62. The summed E-state index contributed by atoms with van der Waals surface area (Å²) in [6.45, 7) is 0. The van der Waals surface area contributed by atoms with Crippen molar-refractivity contribution in [1.29, 1.82) is 0 Å². The highest BCUT2D eigenvalue weighted by Gasteiger charge is 2.66. The monoisotopic (exact) mass is 390 g/mol. The number of fused-ring (bicyclic) bond motifs is 5. The molecule has 3 aliphatic carbocycles. The van der Waals surface area contributed by atoms with Crippen LogP contribution in [0.2, 0.25) is 0 Å². The van der Waals surface area contributed by atoms with E-state index < -0.39 is 0 Å². The van der Waals surface area contributed by atoms with Crippen LogP contribution in [0, 0.1) is 41.2 Å². The van der Waals surface area contributed by atoms with Crippen LogP contribution in [0.3, 0.4) is 0 Å². The summed E-state index contributed by atoms with van der Waals surface area (Å²) in [5.41, 5.74) is 0.486. The zero-order valence-electron chi connectivity index (χ0n) is 10.3. The van der Waals surface area contributed by atoms with Gasteiger partial charge in [0.05, 0.1) is 4.47 Å². The van der Waals surface area contributed by atoms with Crippen LogP contribution in [0.15, 0.2) is 16.6 Å². The van der Waals surface area contributed by atoms with Crippen molar-refractivity contribution in [3.05, 3.63) is 33.8 Å². The summed E-state index contributed by atoms with van der Waals surface area (Å²) in [7, 11) is 0. The minimum atomic E-state index is -0.380. The third-order valence-corrected chi connectivity index (χ3v) is 7.18. The van der Waals surface area contributed by atoms with Gasteiger partial charge in [-0.25, -0.2) is 8.78 Å². The van der Waals surface area contributed by atoms with Gasteiger partial charge in [0.2, 0.25) is 0 Å². The fourth-order valence-corrected chi connectivity index (χ4v) is 6.11. The number of hydrogen-bond acceptors (Lipinski definition) is 0. The summed E-state index contributed by atoms with van der Waals surface area (Å²) in [4.78, 5) is -0.0338. The van der Waals surface area contributed by atoms with Crippen molar-refractivity contribution in [2.24, 2.45) is 29.6 Å². The number of alkyl halides is 1. The molecule has 1 aromatic carbocycles. The third kappa shape index (κ3) is 1.78. The number of rotatable bonds is 2. The van der Waals surface area contributed by atoms with Gasteiger partial charge in [-0.2, -0.15) is 0 Å². The van der Waals surface area contributed by atoms with E-state index in [1.54, 1.807) is 0 Å². The van der Waals surface area contributed by atoms with E-state index in [2.05, 4.69) is 31.9 Å². The molecule has 0 amide bonds. The van der Waals surface area contributed by atoms with E-state index in [1.807, 2.05) is 0 Å². The molecule has 3 aliphatic rings. The second kappa shape index (κ2) is 4.27. The van der Waals surface area contributed by atoms with Gasteiger partial charge < -0.3 is 0 Å². The average molecular weight is 392 g/mol. The number of hydrogen-bond donors (Lipinski definition) is 0. The fraction of sp³-hybridized carbons (Fsp3) is 0.600. The van der Waals surface area contributed by atoms with Crippen LogP contribution in [-0.4, -0.2) is 0 Å². The molecule has 0 N–H and O–H groups in total. The first kappa shape index (κ1) is 12.8. The lowest BCUT2D eigenvalue weighted by molar-refractivity contribution is 0.453. The maximum atomic E-state index is 14.0. The van der Waals surface area contributed by atoms with E-state index >= 15 is 0 Å². The largest absolute Gasteiger partial charge is 0.207 e. The van der Waals surface area contributed by atoms with Gasteiger partial charge in [-0.05, 0) is 76.9 Å². The molecule has 2 bridgehead atoms. The molecule has 4 rings (SSSR count). The van der Waals surface area contributed by atoms with Crippen LogP contribution in [0.25, 0.3) is 0 Å². The predicted molar refractivity (Wildman–Crippen MR) is 77.0 cm³/mol. The minimum absolute atomic E-state index is 0.0338. The molecule has 0 aromatic heterocycles. The molecule has 4 heteroatoms. The van der Waals surface area contributed by atoms with Crippen LogP contribution >= 0.6 is 31.9 Å². The van der Waals surface area contributed by atoms with Crippen LogP contribution in [-0.2, 0) is 0 Å². The predicted octanol–water partition coefficient (Wildman–Crippen LogP) is 5.46. The van der Waals surface area contributed by atoms with E-state index in [0.717, 1.165) is 23.7 Å². The van der Waals surface area contributed by atoms with Crippen LogP contribution in [0.5, 0.6) is 0 Å². The first-order chi connectivity index (χ1) is 9.08. The van der Waals surface area contributed by atoms with Crippen molar-refractivity contribution in [2.45, 2.75) is 24.1 Å². The van der Waals surface area contributed by atoms with E-state index in [-0.39, 0.29) is 20.9 Å². The fourth-order valence-electron chi connectivity index (χ4n) is 4.74. The van der Waals surface area contributed by atoms with Crippen molar-refractivity contribution in [3.63, 3.8) is 0 Å². The summed E-state index contributed by atoms with van der Waals surface area (Å²) in [5, 5.41) is 0. The Morgan fingerprint density at radius 1 is 1.05 bits per heavy atom. The quantitative estimate of drug-likeness (QED) is 0.464. The van der Waals surface area contributed by atoms with E-state index in [0.29, 0.717) is 11.5 Å². The summed E-state index contributed by atoms with van der Waals surface area (Å²) < 4.78 is 27.9. The van der Waals surface area contributed by atoms with Crippen LogP contribution < -0.4 is 0 Å². The molecule has 0 nitrogen and oxygen atoms in total. The Labute approximate surface area is 128 Å².